The molecule has 0 aliphatic rings. The third-order valence-corrected chi connectivity index (χ3v) is 3.82. The van der Waals surface area contributed by atoms with Crippen LogP contribution in [0.25, 0.3) is 11.3 Å². The molecule has 0 aliphatic carbocycles. The van der Waals surface area contributed by atoms with E-state index in [9.17, 15) is 9.59 Å². The maximum Gasteiger partial charge on any atom is 0.264 e. The summed E-state index contributed by atoms with van der Waals surface area (Å²) >= 11 is 1.33. The Balaban J connectivity index is 2.12. The first-order chi connectivity index (χ1) is 10.5. The number of hydrogen-bond donors (Lipinski definition) is 2. The first-order valence-electron chi connectivity index (χ1n) is 7.07. The lowest BCUT2D eigenvalue weighted by molar-refractivity contribution is -0.120. The van der Waals surface area contributed by atoms with Crippen molar-refractivity contribution in [1.29, 1.82) is 0 Å². The van der Waals surface area contributed by atoms with Crippen molar-refractivity contribution in [1.82, 2.24) is 15.6 Å². The first kappa shape index (κ1) is 16.2. The van der Waals surface area contributed by atoms with Crippen LogP contribution in [0.1, 0.15) is 28.5 Å². The minimum Gasteiger partial charge on any atom is -0.352 e. The van der Waals surface area contributed by atoms with Crippen molar-refractivity contribution in [2.24, 2.45) is 0 Å². The van der Waals surface area contributed by atoms with Crippen LogP contribution in [-0.4, -0.2) is 29.4 Å². The van der Waals surface area contributed by atoms with Crippen molar-refractivity contribution in [2.45, 2.75) is 26.8 Å². The van der Waals surface area contributed by atoms with Crippen LogP contribution >= 0.6 is 11.3 Å². The van der Waals surface area contributed by atoms with Gasteiger partial charge in [0.25, 0.3) is 5.91 Å². The van der Waals surface area contributed by atoms with Gasteiger partial charge in [0.2, 0.25) is 5.91 Å². The molecule has 0 spiro atoms. The van der Waals surface area contributed by atoms with E-state index in [-0.39, 0.29) is 24.4 Å². The summed E-state index contributed by atoms with van der Waals surface area (Å²) in [7, 11) is 0. The molecule has 2 rings (SSSR count). The van der Waals surface area contributed by atoms with E-state index >= 15 is 0 Å². The second-order valence-corrected chi connectivity index (χ2v) is 6.38. The lowest BCUT2D eigenvalue weighted by Gasteiger charge is -2.09. The van der Waals surface area contributed by atoms with Gasteiger partial charge in [0, 0.05) is 11.6 Å². The highest BCUT2D eigenvalue weighted by Crippen LogP contribution is 2.27. The van der Waals surface area contributed by atoms with E-state index in [4.69, 9.17) is 0 Å². The van der Waals surface area contributed by atoms with Crippen LogP contribution in [0.4, 0.5) is 0 Å². The maximum atomic E-state index is 12.3. The molecule has 0 aliphatic heterocycles. The predicted molar refractivity (Wildman–Crippen MR) is 87.9 cm³/mol. The minimum absolute atomic E-state index is 0.0395. The smallest absolute Gasteiger partial charge is 0.264 e. The number of aryl methyl sites for hydroxylation is 1. The monoisotopic (exact) mass is 317 g/mol. The maximum absolute atomic E-state index is 12.3. The molecule has 0 radical (unpaired) electrons. The Kier molecular flexibility index (Phi) is 5.27. The number of thiazole rings is 1. The number of benzene rings is 1. The van der Waals surface area contributed by atoms with Crippen molar-refractivity contribution in [3.05, 3.63) is 40.2 Å². The van der Waals surface area contributed by atoms with E-state index in [1.165, 1.54) is 11.3 Å². The van der Waals surface area contributed by atoms with Crippen LogP contribution < -0.4 is 10.6 Å². The van der Waals surface area contributed by atoms with Gasteiger partial charge in [0.05, 0.1) is 17.2 Å². The normalized spacial score (nSPS) is 10.5. The highest BCUT2D eigenvalue weighted by molar-refractivity contribution is 7.14. The molecular formula is C16H19N3O2S. The quantitative estimate of drug-likeness (QED) is 0.889. The molecule has 1 heterocycles. The average Bonchev–Trinajstić information content (AvgIpc) is 2.87. The van der Waals surface area contributed by atoms with Crippen molar-refractivity contribution in [3.63, 3.8) is 0 Å². The second kappa shape index (κ2) is 7.17. The van der Waals surface area contributed by atoms with Crippen molar-refractivity contribution >= 4 is 23.2 Å². The standard InChI is InChI=1S/C16H19N3O2S/c1-10(2)18-13(20)9-17-16(21)15-14(19-11(3)22-15)12-7-5-4-6-8-12/h4-8,10H,9H2,1-3H3,(H,17,21)(H,18,20). The Morgan fingerprint density at radius 3 is 2.55 bits per heavy atom. The third-order valence-electron chi connectivity index (χ3n) is 2.85. The lowest BCUT2D eigenvalue weighted by Crippen LogP contribution is -2.39. The first-order valence-corrected chi connectivity index (χ1v) is 7.89. The molecule has 0 saturated heterocycles. The fraction of sp³-hybridized carbons (Fsp3) is 0.312. The fourth-order valence-electron chi connectivity index (χ4n) is 1.99. The van der Waals surface area contributed by atoms with Crippen LogP contribution in [0.3, 0.4) is 0 Å². The summed E-state index contributed by atoms with van der Waals surface area (Å²) in [6.07, 6.45) is 0. The van der Waals surface area contributed by atoms with Gasteiger partial charge in [-0.3, -0.25) is 9.59 Å². The molecule has 22 heavy (non-hydrogen) atoms. The number of carbonyl (C=O) groups excluding carboxylic acids is 2. The van der Waals surface area contributed by atoms with Gasteiger partial charge >= 0.3 is 0 Å². The molecule has 2 aromatic rings. The van der Waals surface area contributed by atoms with Gasteiger partial charge in [0.1, 0.15) is 4.88 Å². The van der Waals surface area contributed by atoms with Gasteiger partial charge in [-0.2, -0.15) is 0 Å². The zero-order valence-electron chi connectivity index (χ0n) is 12.8. The van der Waals surface area contributed by atoms with Gasteiger partial charge in [-0.25, -0.2) is 4.98 Å². The molecular weight excluding hydrogens is 298 g/mol. The van der Waals surface area contributed by atoms with Gasteiger partial charge in [-0.1, -0.05) is 30.3 Å². The summed E-state index contributed by atoms with van der Waals surface area (Å²) in [6, 6.07) is 9.60. The number of aromatic nitrogens is 1. The summed E-state index contributed by atoms with van der Waals surface area (Å²) in [5, 5.41) is 6.20. The van der Waals surface area contributed by atoms with Crippen LogP contribution in [0.2, 0.25) is 0 Å². The Labute approximate surface area is 133 Å². The Morgan fingerprint density at radius 1 is 1.23 bits per heavy atom. The number of amides is 2. The number of rotatable bonds is 5. The van der Waals surface area contributed by atoms with Crippen molar-refractivity contribution < 1.29 is 9.59 Å². The Hall–Kier alpha value is -2.21. The number of hydrogen-bond acceptors (Lipinski definition) is 4. The number of carbonyl (C=O) groups is 2. The highest BCUT2D eigenvalue weighted by atomic mass is 32.1. The zero-order valence-corrected chi connectivity index (χ0v) is 13.7. The summed E-state index contributed by atoms with van der Waals surface area (Å²) < 4.78 is 0. The SMILES string of the molecule is Cc1nc(-c2ccccc2)c(C(=O)NCC(=O)NC(C)C)s1. The number of nitrogens with one attached hydrogen (secondary N) is 2. The zero-order chi connectivity index (χ0) is 16.1. The molecule has 2 amide bonds. The van der Waals surface area contributed by atoms with E-state index < -0.39 is 0 Å². The minimum atomic E-state index is -0.275. The molecule has 0 bridgehead atoms. The van der Waals surface area contributed by atoms with Crippen molar-refractivity contribution in [2.75, 3.05) is 6.54 Å². The van der Waals surface area contributed by atoms with E-state index in [1.54, 1.807) is 0 Å². The van der Waals surface area contributed by atoms with Crippen LogP contribution in [-0.2, 0) is 4.79 Å². The molecule has 1 aromatic carbocycles. The van der Waals surface area contributed by atoms with E-state index in [2.05, 4.69) is 15.6 Å². The van der Waals surface area contributed by atoms with Crippen LogP contribution in [0.5, 0.6) is 0 Å². The summed E-state index contributed by atoms with van der Waals surface area (Å²) in [5.74, 6) is -0.478. The van der Waals surface area contributed by atoms with E-state index in [0.717, 1.165) is 10.6 Å². The van der Waals surface area contributed by atoms with Gasteiger partial charge in [-0.15, -0.1) is 11.3 Å². The van der Waals surface area contributed by atoms with Crippen molar-refractivity contribution in [3.8, 4) is 11.3 Å². The van der Waals surface area contributed by atoms with Crippen LogP contribution in [0.15, 0.2) is 30.3 Å². The molecule has 2 N–H and O–H groups in total. The predicted octanol–water partition coefficient (Wildman–Crippen LogP) is 2.37. The molecule has 0 fully saturated rings. The molecule has 1 aromatic heterocycles. The number of nitrogens with zero attached hydrogens (tertiary/aromatic N) is 1. The Morgan fingerprint density at radius 2 is 1.91 bits per heavy atom. The van der Waals surface area contributed by atoms with Gasteiger partial charge in [-0.05, 0) is 20.8 Å². The average molecular weight is 317 g/mol. The van der Waals surface area contributed by atoms with E-state index in [0.29, 0.717) is 10.6 Å². The van der Waals surface area contributed by atoms with E-state index in [1.807, 2.05) is 51.1 Å². The fourth-order valence-corrected chi connectivity index (χ4v) is 2.84. The molecule has 0 unspecified atom stereocenters. The largest absolute Gasteiger partial charge is 0.352 e. The lowest BCUT2D eigenvalue weighted by atomic mass is 10.1. The molecule has 6 heteroatoms. The van der Waals surface area contributed by atoms with Crippen LogP contribution in [0, 0.1) is 6.92 Å². The third kappa shape index (κ3) is 4.14. The summed E-state index contributed by atoms with van der Waals surface area (Å²) in [4.78, 5) is 28.9. The summed E-state index contributed by atoms with van der Waals surface area (Å²) in [6.45, 7) is 5.57. The molecule has 116 valence electrons. The van der Waals surface area contributed by atoms with Gasteiger partial charge < -0.3 is 10.6 Å². The molecule has 0 saturated carbocycles. The molecule has 5 nitrogen and oxygen atoms in total. The second-order valence-electron chi connectivity index (χ2n) is 5.18. The highest BCUT2D eigenvalue weighted by Gasteiger charge is 2.18. The topological polar surface area (TPSA) is 71.1 Å². The molecule has 0 atom stereocenters. The summed E-state index contributed by atoms with van der Waals surface area (Å²) in [5.41, 5.74) is 1.55. The Bertz CT molecular complexity index is 665. The van der Waals surface area contributed by atoms with Gasteiger partial charge in [0.15, 0.2) is 0 Å².